The Morgan fingerprint density at radius 2 is 0.877 bits per heavy atom. The van der Waals surface area contributed by atoms with Gasteiger partial charge >= 0.3 is 13.8 Å². The fourth-order valence-electron chi connectivity index (χ4n) is 7.29. The van der Waals surface area contributed by atoms with Crippen LogP contribution in [0.1, 0.15) is 251 Å². The molecule has 0 bridgehead atoms. The molecule has 0 fully saturated rings. The number of rotatable bonds is 48. The maximum absolute atomic E-state index is 12.6. The van der Waals surface area contributed by atoms with Gasteiger partial charge in [-0.15, -0.1) is 0 Å². The van der Waals surface area contributed by atoms with Crippen molar-refractivity contribution < 1.29 is 32.8 Å². The van der Waals surface area contributed by atoms with Gasteiger partial charge in [-0.2, -0.15) is 0 Å². The molecule has 2 atom stereocenters. The Labute approximate surface area is 354 Å². The maximum atomic E-state index is 12.6. The summed E-state index contributed by atoms with van der Waals surface area (Å²) in [5, 5.41) is 0. The summed E-state index contributed by atoms with van der Waals surface area (Å²) in [4.78, 5) is 22.5. The van der Waals surface area contributed by atoms with Crippen molar-refractivity contribution in [1.29, 1.82) is 0 Å². The largest absolute Gasteiger partial charge is 0.472 e. The van der Waals surface area contributed by atoms with Gasteiger partial charge in [0.2, 0.25) is 0 Å². The summed E-state index contributed by atoms with van der Waals surface area (Å²) in [5.41, 5.74) is 5.38. The molecule has 340 valence electrons. The first-order chi connectivity index (χ1) is 27.9. The van der Waals surface area contributed by atoms with Crippen LogP contribution in [0, 0.1) is 0 Å². The lowest BCUT2D eigenvalue weighted by Crippen LogP contribution is -2.28. The lowest BCUT2D eigenvalue weighted by atomic mass is 10.0. The fourth-order valence-corrected chi connectivity index (χ4v) is 8.05. The third-order valence-corrected chi connectivity index (χ3v) is 11.9. The van der Waals surface area contributed by atoms with Crippen LogP contribution in [-0.2, 0) is 27.9 Å². The Morgan fingerprint density at radius 3 is 1.28 bits per heavy atom. The standard InChI is InChI=1S/C48H96NO7P/c1-3-5-7-9-11-13-15-17-19-20-21-22-23-24-25-26-27-28-30-32-34-36-38-40-43-53-45-47(46-55-57(51,52)54-44-42-49)56-48(50)41-39-37-35-33-31-29-18-16-14-12-10-8-6-4-2/h20-21,47H,3-19,22-46,49H2,1-2H3,(H,51,52)/b21-20-. The van der Waals surface area contributed by atoms with E-state index < -0.39 is 13.9 Å². The van der Waals surface area contributed by atoms with Gasteiger partial charge in [-0.25, -0.2) is 4.57 Å². The quantitative estimate of drug-likeness (QED) is 0.0269. The Balaban J connectivity index is 3.87. The van der Waals surface area contributed by atoms with Crippen molar-refractivity contribution in [3.63, 3.8) is 0 Å². The first kappa shape index (κ1) is 56.2. The van der Waals surface area contributed by atoms with Crippen LogP contribution in [0.4, 0.5) is 0 Å². The predicted molar refractivity (Wildman–Crippen MR) is 243 cm³/mol. The highest BCUT2D eigenvalue weighted by molar-refractivity contribution is 7.47. The molecule has 0 radical (unpaired) electrons. The molecule has 0 aromatic heterocycles. The number of ether oxygens (including phenoxy) is 2. The van der Waals surface area contributed by atoms with Crippen molar-refractivity contribution in [3.8, 4) is 0 Å². The molecule has 3 N–H and O–H groups in total. The highest BCUT2D eigenvalue weighted by Gasteiger charge is 2.25. The van der Waals surface area contributed by atoms with E-state index in [9.17, 15) is 14.3 Å². The number of unbranched alkanes of at least 4 members (excludes halogenated alkanes) is 33. The summed E-state index contributed by atoms with van der Waals surface area (Å²) >= 11 is 0. The van der Waals surface area contributed by atoms with Crippen LogP contribution < -0.4 is 5.73 Å². The lowest BCUT2D eigenvalue weighted by Gasteiger charge is -2.20. The number of esters is 1. The molecule has 0 aromatic carbocycles. The minimum absolute atomic E-state index is 0.0917. The third kappa shape index (κ3) is 46.2. The molecule has 57 heavy (non-hydrogen) atoms. The van der Waals surface area contributed by atoms with E-state index in [1.165, 1.54) is 199 Å². The molecule has 0 saturated heterocycles. The first-order valence-corrected chi connectivity index (χ1v) is 26.2. The second-order valence-electron chi connectivity index (χ2n) is 16.7. The number of phosphoric acid groups is 1. The smallest absolute Gasteiger partial charge is 0.457 e. The van der Waals surface area contributed by atoms with Gasteiger partial charge in [-0.1, -0.05) is 219 Å². The van der Waals surface area contributed by atoms with Gasteiger partial charge in [0.15, 0.2) is 0 Å². The van der Waals surface area contributed by atoms with Crippen molar-refractivity contribution in [2.24, 2.45) is 5.73 Å². The number of hydrogen-bond acceptors (Lipinski definition) is 7. The topological polar surface area (TPSA) is 117 Å². The SMILES string of the molecule is CCCCCCCCCC/C=C\CCCCCCCCCCCCCCOCC(COP(=O)(O)OCCN)OC(=O)CCCCCCCCCCCCCCCC. The van der Waals surface area contributed by atoms with Crippen molar-refractivity contribution in [2.75, 3.05) is 33.0 Å². The fraction of sp³-hybridized carbons (Fsp3) is 0.938. The molecule has 0 saturated carbocycles. The van der Waals surface area contributed by atoms with Gasteiger partial charge in [0.1, 0.15) is 6.10 Å². The molecule has 0 aliphatic carbocycles. The number of nitrogens with two attached hydrogens (primary N) is 1. The summed E-state index contributed by atoms with van der Waals surface area (Å²) in [7, 11) is -4.27. The zero-order valence-electron chi connectivity index (χ0n) is 37.9. The number of carbonyl (C=O) groups is 1. The number of hydrogen-bond donors (Lipinski definition) is 2. The molecule has 0 spiro atoms. The molecule has 0 amide bonds. The molecule has 0 rings (SSSR count). The summed E-state index contributed by atoms with van der Waals surface area (Å²) in [6.07, 6.45) is 51.0. The number of carbonyl (C=O) groups excluding carboxylic acids is 1. The van der Waals surface area contributed by atoms with Gasteiger partial charge < -0.3 is 20.1 Å². The molecule has 0 aromatic rings. The zero-order valence-corrected chi connectivity index (χ0v) is 38.7. The van der Waals surface area contributed by atoms with Crippen LogP contribution in [0.15, 0.2) is 12.2 Å². The molecule has 0 aliphatic rings. The van der Waals surface area contributed by atoms with Crippen LogP contribution >= 0.6 is 7.82 Å². The monoisotopic (exact) mass is 830 g/mol. The second kappa shape index (κ2) is 46.3. The van der Waals surface area contributed by atoms with Crippen LogP contribution in [0.25, 0.3) is 0 Å². The van der Waals surface area contributed by atoms with E-state index in [4.69, 9.17) is 24.3 Å². The van der Waals surface area contributed by atoms with Crippen LogP contribution in [0.5, 0.6) is 0 Å². The van der Waals surface area contributed by atoms with E-state index in [1.807, 2.05) is 0 Å². The normalized spacial score (nSPS) is 13.4. The highest BCUT2D eigenvalue weighted by atomic mass is 31.2. The minimum atomic E-state index is -4.27. The first-order valence-electron chi connectivity index (χ1n) is 24.7. The van der Waals surface area contributed by atoms with E-state index in [2.05, 4.69) is 26.0 Å². The van der Waals surface area contributed by atoms with E-state index in [0.29, 0.717) is 13.0 Å². The van der Waals surface area contributed by atoms with Crippen LogP contribution in [-0.4, -0.2) is 49.9 Å². The average Bonchev–Trinajstić information content (AvgIpc) is 3.20. The van der Waals surface area contributed by atoms with Gasteiger partial charge in [0.25, 0.3) is 0 Å². The molecule has 8 nitrogen and oxygen atoms in total. The molecular formula is C48H96NO7P. The van der Waals surface area contributed by atoms with E-state index >= 15 is 0 Å². The van der Waals surface area contributed by atoms with Crippen molar-refractivity contribution in [2.45, 2.75) is 258 Å². The van der Waals surface area contributed by atoms with Crippen molar-refractivity contribution in [1.82, 2.24) is 0 Å². The maximum Gasteiger partial charge on any atom is 0.472 e. The molecule has 2 unspecified atom stereocenters. The molecular weight excluding hydrogens is 734 g/mol. The van der Waals surface area contributed by atoms with Gasteiger partial charge in [0, 0.05) is 19.6 Å². The number of allylic oxidation sites excluding steroid dienone is 2. The molecule has 9 heteroatoms. The molecule has 0 heterocycles. The van der Waals surface area contributed by atoms with Gasteiger partial charge in [-0.3, -0.25) is 13.8 Å². The molecule has 0 aliphatic heterocycles. The second-order valence-corrected chi connectivity index (χ2v) is 18.1. The summed E-state index contributed by atoms with van der Waals surface area (Å²) < 4.78 is 33.5. The summed E-state index contributed by atoms with van der Waals surface area (Å²) in [6.45, 7) is 4.98. The van der Waals surface area contributed by atoms with Gasteiger partial charge in [0.05, 0.1) is 19.8 Å². The summed E-state index contributed by atoms with van der Waals surface area (Å²) in [6, 6.07) is 0. The van der Waals surface area contributed by atoms with E-state index in [-0.39, 0.29) is 32.3 Å². The van der Waals surface area contributed by atoms with E-state index in [0.717, 1.165) is 32.1 Å². The minimum Gasteiger partial charge on any atom is -0.457 e. The Morgan fingerprint density at radius 1 is 0.509 bits per heavy atom. The van der Waals surface area contributed by atoms with Gasteiger partial charge in [-0.05, 0) is 38.5 Å². The number of phosphoric ester groups is 1. The lowest BCUT2D eigenvalue weighted by molar-refractivity contribution is -0.154. The predicted octanol–water partition coefficient (Wildman–Crippen LogP) is 15.0. The van der Waals surface area contributed by atoms with Crippen LogP contribution in [0.2, 0.25) is 0 Å². The Bertz CT molecular complexity index is 889. The average molecular weight is 830 g/mol. The highest BCUT2D eigenvalue weighted by Crippen LogP contribution is 2.43. The van der Waals surface area contributed by atoms with Crippen LogP contribution in [0.3, 0.4) is 0 Å². The zero-order chi connectivity index (χ0) is 41.6. The Kier molecular flexibility index (Phi) is 45.7. The third-order valence-electron chi connectivity index (χ3n) is 10.9. The Hall–Kier alpha value is -0.760. The van der Waals surface area contributed by atoms with E-state index in [1.54, 1.807) is 0 Å². The summed E-state index contributed by atoms with van der Waals surface area (Å²) in [5.74, 6) is -0.325. The van der Waals surface area contributed by atoms with Crippen molar-refractivity contribution >= 4 is 13.8 Å². The van der Waals surface area contributed by atoms with Crippen molar-refractivity contribution in [3.05, 3.63) is 12.2 Å².